The Bertz CT molecular complexity index is 1170. The molecule has 3 unspecified atom stereocenters. The Morgan fingerprint density at radius 1 is 1.03 bits per heavy atom. The van der Waals surface area contributed by atoms with E-state index in [2.05, 4.69) is 66.5 Å². The summed E-state index contributed by atoms with van der Waals surface area (Å²) >= 11 is 0. The average Bonchev–Trinajstić information content (AvgIpc) is 3.52. The number of piperazine rings is 1. The largest absolute Gasteiger partial charge is 0.497 e. The zero-order chi connectivity index (χ0) is 26.0. The Labute approximate surface area is 220 Å². The number of fused-ring (bicyclic) bond motifs is 2. The average molecular weight is 503 g/mol. The van der Waals surface area contributed by atoms with E-state index in [0.717, 1.165) is 23.2 Å². The normalized spacial score (nSPS) is 25.4. The molecule has 2 saturated heterocycles. The summed E-state index contributed by atoms with van der Waals surface area (Å²) in [5, 5.41) is 13.1. The molecule has 0 saturated carbocycles. The SMILES string of the molecule is C1CN2CC2N1.CCC(O)Oc1ccc([C@@H]2c3ccc(OC)cc3OC(C)(C)[C@H]2c2ccccc2)cc1. The molecular weight excluding hydrogens is 464 g/mol. The van der Waals surface area contributed by atoms with Gasteiger partial charge in [-0.25, -0.2) is 0 Å². The Balaban J connectivity index is 0.000000403. The van der Waals surface area contributed by atoms with E-state index in [9.17, 15) is 5.11 Å². The molecule has 37 heavy (non-hydrogen) atoms. The minimum absolute atomic E-state index is 0.0946. The fraction of sp³-hybridized carbons (Fsp3) is 0.419. The van der Waals surface area contributed by atoms with Gasteiger partial charge in [-0.3, -0.25) is 10.2 Å². The summed E-state index contributed by atoms with van der Waals surface area (Å²) in [7, 11) is 1.67. The Hall–Kier alpha value is -3.06. The lowest BCUT2D eigenvalue weighted by Crippen LogP contribution is -2.43. The van der Waals surface area contributed by atoms with Gasteiger partial charge >= 0.3 is 0 Å². The Morgan fingerprint density at radius 2 is 1.76 bits per heavy atom. The van der Waals surface area contributed by atoms with Gasteiger partial charge < -0.3 is 19.3 Å². The molecule has 0 amide bonds. The lowest BCUT2D eigenvalue weighted by molar-refractivity contribution is -0.0191. The van der Waals surface area contributed by atoms with Crippen LogP contribution in [0.1, 0.15) is 55.7 Å². The first-order valence-electron chi connectivity index (χ1n) is 13.2. The van der Waals surface area contributed by atoms with E-state index in [0.29, 0.717) is 12.2 Å². The summed E-state index contributed by atoms with van der Waals surface area (Å²) in [6, 6.07) is 24.7. The van der Waals surface area contributed by atoms with Gasteiger partial charge in [-0.05, 0) is 43.2 Å². The highest BCUT2D eigenvalue weighted by atomic mass is 16.6. The van der Waals surface area contributed by atoms with Crippen molar-refractivity contribution < 1.29 is 19.3 Å². The minimum atomic E-state index is -0.793. The zero-order valence-corrected chi connectivity index (χ0v) is 22.2. The third-order valence-electron chi connectivity index (χ3n) is 7.52. The molecule has 0 aliphatic carbocycles. The molecular formula is C31H38N2O4. The first-order valence-corrected chi connectivity index (χ1v) is 13.2. The maximum absolute atomic E-state index is 9.82. The first kappa shape index (κ1) is 25.6. The van der Waals surface area contributed by atoms with Crippen LogP contribution >= 0.6 is 0 Å². The number of hydrogen-bond donors (Lipinski definition) is 2. The van der Waals surface area contributed by atoms with Crippen LogP contribution in [0.15, 0.2) is 72.8 Å². The van der Waals surface area contributed by atoms with Crippen molar-refractivity contribution in [3.8, 4) is 17.2 Å². The van der Waals surface area contributed by atoms with Gasteiger partial charge in [0.1, 0.15) is 22.8 Å². The second kappa shape index (κ2) is 10.7. The van der Waals surface area contributed by atoms with Crippen molar-refractivity contribution in [3.05, 3.63) is 89.5 Å². The fourth-order valence-corrected chi connectivity index (χ4v) is 5.53. The van der Waals surface area contributed by atoms with Crippen molar-refractivity contribution in [3.63, 3.8) is 0 Å². The van der Waals surface area contributed by atoms with Crippen LogP contribution in [0, 0.1) is 0 Å². The minimum Gasteiger partial charge on any atom is -0.497 e. The number of hydrogen-bond acceptors (Lipinski definition) is 6. The van der Waals surface area contributed by atoms with E-state index < -0.39 is 11.9 Å². The van der Waals surface area contributed by atoms with Crippen LogP contribution in [0.3, 0.4) is 0 Å². The van der Waals surface area contributed by atoms with E-state index in [4.69, 9.17) is 14.2 Å². The number of ether oxygens (including phenoxy) is 3. The third-order valence-corrected chi connectivity index (χ3v) is 7.52. The van der Waals surface area contributed by atoms with Crippen LogP contribution in [-0.4, -0.2) is 54.8 Å². The second-order valence-electron chi connectivity index (χ2n) is 10.5. The van der Waals surface area contributed by atoms with Crippen molar-refractivity contribution in [1.82, 2.24) is 10.2 Å². The van der Waals surface area contributed by atoms with Crippen LogP contribution in [-0.2, 0) is 0 Å². The Kier molecular flexibility index (Phi) is 7.43. The maximum atomic E-state index is 9.82. The molecule has 3 aliphatic rings. The van der Waals surface area contributed by atoms with Crippen LogP contribution in [0.5, 0.6) is 17.2 Å². The summed E-state index contributed by atoms with van der Waals surface area (Å²) < 4.78 is 17.5. The van der Waals surface area contributed by atoms with Crippen molar-refractivity contribution in [2.24, 2.45) is 0 Å². The number of aliphatic hydroxyl groups is 1. The molecule has 3 aliphatic heterocycles. The molecule has 5 atom stereocenters. The van der Waals surface area contributed by atoms with Gasteiger partial charge in [0, 0.05) is 49.5 Å². The third kappa shape index (κ3) is 5.61. The van der Waals surface area contributed by atoms with Gasteiger partial charge in [0.15, 0.2) is 6.29 Å². The van der Waals surface area contributed by atoms with Crippen molar-refractivity contribution in [2.45, 2.75) is 57.1 Å². The van der Waals surface area contributed by atoms with Gasteiger partial charge in [-0.2, -0.15) is 0 Å². The van der Waals surface area contributed by atoms with E-state index in [1.54, 1.807) is 7.11 Å². The molecule has 6 rings (SSSR count). The predicted octanol–water partition coefficient (Wildman–Crippen LogP) is 5.12. The van der Waals surface area contributed by atoms with E-state index in [-0.39, 0.29) is 11.8 Å². The van der Waals surface area contributed by atoms with Gasteiger partial charge in [-0.15, -0.1) is 0 Å². The van der Waals surface area contributed by atoms with Gasteiger partial charge in [0.2, 0.25) is 0 Å². The van der Waals surface area contributed by atoms with E-state index in [1.165, 1.54) is 30.8 Å². The number of benzene rings is 3. The summed E-state index contributed by atoms with van der Waals surface area (Å²) in [6.45, 7) is 9.98. The molecule has 196 valence electrons. The molecule has 2 fully saturated rings. The highest BCUT2D eigenvalue weighted by Crippen LogP contribution is 2.53. The summed E-state index contributed by atoms with van der Waals surface area (Å²) in [6.07, 6.45) is 0.546. The molecule has 2 N–H and O–H groups in total. The molecule has 6 nitrogen and oxygen atoms in total. The lowest BCUT2D eigenvalue weighted by Gasteiger charge is -2.45. The monoisotopic (exact) mass is 502 g/mol. The number of methoxy groups -OCH3 is 1. The number of aliphatic hydroxyl groups excluding tert-OH is 1. The molecule has 0 radical (unpaired) electrons. The molecule has 0 spiro atoms. The smallest absolute Gasteiger partial charge is 0.197 e. The molecule has 3 aromatic rings. The standard InChI is InChI=1S/C27H30O4.C4H8N2/c1-5-24(28)30-20-13-11-18(12-14-20)25-22-16-15-21(29-4)17-23(22)31-27(2,3)26(25)19-9-7-6-8-10-19;1-2-6-3-4(6)5-1/h6-17,24-26,28H,5H2,1-4H3;4-5H,1-3H2/t24?,25-,26+;/m1./s1. The van der Waals surface area contributed by atoms with Crippen LogP contribution in [0.2, 0.25) is 0 Å². The second-order valence-corrected chi connectivity index (χ2v) is 10.5. The first-order chi connectivity index (χ1) is 17.9. The molecule has 3 aromatic carbocycles. The lowest BCUT2D eigenvalue weighted by atomic mass is 9.68. The van der Waals surface area contributed by atoms with Crippen LogP contribution in [0.4, 0.5) is 0 Å². The van der Waals surface area contributed by atoms with Crippen molar-refractivity contribution >= 4 is 0 Å². The quantitative estimate of drug-likeness (QED) is 0.360. The topological polar surface area (TPSA) is 63.0 Å². The number of nitrogens with one attached hydrogen (secondary N) is 1. The number of nitrogens with zero attached hydrogens (tertiary/aromatic N) is 1. The Morgan fingerprint density at radius 3 is 2.32 bits per heavy atom. The van der Waals surface area contributed by atoms with Gasteiger partial charge in [0.05, 0.1) is 13.3 Å². The molecule has 0 aromatic heterocycles. The fourth-order valence-electron chi connectivity index (χ4n) is 5.53. The molecule has 0 bridgehead atoms. The molecule has 6 heteroatoms. The predicted molar refractivity (Wildman–Crippen MR) is 145 cm³/mol. The summed E-state index contributed by atoms with van der Waals surface area (Å²) in [5.74, 6) is 2.50. The highest BCUT2D eigenvalue weighted by molar-refractivity contribution is 5.52. The highest BCUT2D eigenvalue weighted by Gasteiger charge is 2.45. The summed E-state index contributed by atoms with van der Waals surface area (Å²) in [5.41, 5.74) is 3.12. The van der Waals surface area contributed by atoms with Crippen LogP contribution < -0.4 is 19.5 Å². The zero-order valence-electron chi connectivity index (χ0n) is 22.2. The van der Waals surface area contributed by atoms with E-state index in [1.807, 2.05) is 37.3 Å². The van der Waals surface area contributed by atoms with Crippen molar-refractivity contribution in [1.29, 1.82) is 0 Å². The summed E-state index contributed by atoms with van der Waals surface area (Å²) in [4.78, 5) is 2.42. The van der Waals surface area contributed by atoms with Gasteiger partial charge in [-0.1, -0.05) is 55.5 Å². The van der Waals surface area contributed by atoms with Crippen LogP contribution in [0.25, 0.3) is 0 Å². The molecule has 3 heterocycles. The van der Waals surface area contributed by atoms with E-state index >= 15 is 0 Å². The maximum Gasteiger partial charge on any atom is 0.197 e. The van der Waals surface area contributed by atoms with Crippen molar-refractivity contribution in [2.75, 3.05) is 26.7 Å². The number of rotatable bonds is 6. The van der Waals surface area contributed by atoms with Gasteiger partial charge in [0.25, 0.3) is 0 Å².